The quantitative estimate of drug-likeness (QED) is 0.798. The molecule has 2 aromatic rings. The number of rotatable bonds is 5. The summed E-state index contributed by atoms with van der Waals surface area (Å²) in [6.07, 6.45) is 4.29. The summed E-state index contributed by atoms with van der Waals surface area (Å²) in [5.41, 5.74) is 1.85. The van der Waals surface area contributed by atoms with Crippen LogP contribution in [0.4, 0.5) is 0 Å². The normalized spacial score (nSPS) is 12.9. The first-order chi connectivity index (χ1) is 7.36. The molecule has 0 radical (unpaired) electrons. The van der Waals surface area contributed by atoms with E-state index in [-0.39, 0.29) is 0 Å². The average Bonchev–Trinajstić information content (AvgIpc) is 2.90. The van der Waals surface area contributed by atoms with E-state index in [0.29, 0.717) is 6.04 Å². The van der Waals surface area contributed by atoms with Gasteiger partial charge in [-0.05, 0) is 6.92 Å². The molecule has 5 nitrogen and oxygen atoms in total. The first-order valence-corrected chi connectivity index (χ1v) is 5.70. The van der Waals surface area contributed by atoms with Crippen molar-refractivity contribution in [1.82, 2.24) is 25.5 Å². The number of nitrogens with one attached hydrogen (secondary N) is 2. The lowest BCUT2D eigenvalue weighted by atomic mass is 10.3. The zero-order valence-electron chi connectivity index (χ0n) is 8.47. The van der Waals surface area contributed by atoms with E-state index in [1.54, 1.807) is 11.3 Å². The smallest absolute Gasteiger partial charge is 0.137 e. The van der Waals surface area contributed by atoms with Crippen molar-refractivity contribution in [3.8, 4) is 0 Å². The molecule has 1 unspecified atom stereocenters. The van der Waals surface area contributed by atoms with Gasteiger partial charge in [-0.15, -0.1) is 11.3 Å². The van der Waals surface area contributed by atoms with Gasteiger partial charge in [-0.1, -0.05) is 0 Å². The molecule has 6 heteroatoms. The summed E-state index contributed by atoms with van der Waals surface area (Å²) in [4.78, 5) is 9.37. The molecule has 0 aliphatic heterocycles. The van der Waals surface area contributed by atoms with Gasteiger partial charge in [0.1, 0.15) is 12.2 Å². The van der Waals surface area contributed by atoms with Crippen LogP contribution >= 0.6 is 11.3 Å². The van der Waals surface area contributed by atoms with Gasteiger partial charge < -0.3 is 5.32 Å². The fourth-order valence-corrected chi connectivity index (χ4v) is 1.95. The van der Waals surface area contributed by atoms with Crippen molar-refractivity contribution in [3.63, 3.8) is 0 Å². The van der Waals surface area contributed by atoms with E-state index < -0.39 is 0 Å². The number of hydrogen-bond donors (Lipinski definition) is 2. The molecule has 1 atom stereocenters. The maximum Gasteiger partial charge on any atom is 0.137 e. The Kier molecular flexibility index (Phi) is 3.41. The van der Waals surface area contributed by atoms with Gasteiger partial charge in [0.05, 0.1) is 5.51 Å². The van der Waals surface area contributed by atoms with Crippen LogP contribution in [0.2, 0.25) is 0 Å². The zero-order valence-corrected chi connectivity index (χ0v) is 9.29. The molecule has 0 saturated carbocycles. The highest BCUT2D eigenvalue weighted by atomic mass is 32.1. The lowest BCUT2D eigenvalue weighted by Gasteiger charge is -2.10. The molecular weight excluding hydrogens is 210 g/mol. The van der Waals surface area contributed by atoms with Gasteiger partial charge in [0.2, 0.25) is 0 Å². The summed E-state index contributed by atoms with van der Waals surface area (Å²) < 4.78 is 0. The number of aromatic nitrogens is 4. The lowest BCUT2D eigenvalue weighted by molar-refractivity contribution is 0.577. The summed E-state index contributed by atoms with van der Waals surface area (Å²) >= 11 is 1.67. The Morgan fingerprint density at radius 1 is 1.60 bits per heavy atom. The van der Waals surface area contributed by atoms with E-state index in [1.165, 1.54) is 11.2 Å². The lowest BCUT2D eigenvalue weighted by Crippen LogP contribution is -2.21. The first kappa shape index (κ1) is 10.3. The topological polar surface area (TPSA) is 66.5 Å². The van der Waals surface area contributed by atoms with Crippen LogP contribution in [-0.4, -0.2) is 26.7 Å². The molecule has 0 aromatic carbocycles. The first-order valence-electron chi connectivity index (χ1n) is 4.82. The maximum absolute atomic E-state index is 4.06. The molecule has 0 saturated heterocycles. The predicted octanol–water partition coefficient (Wildman–Crippen LogP) is 1.15. The molecule has 0 spiro atoms. The summed E-state index contributed by atoms with van der Waals surface area (Å²) in [7, 11) is 0. The van der Waals surface area contributed by atoms with Gasteiger partial charge in [-0.2, -0.15) is 5.10 Å². The van der Waals surface area contributed by atoms with Crippen molar-refractivity contribution < 1.29 is 0 Å². The van der Waals surface area contributed by atoms with Gasteiger partial charge in [-0.3, -0.25) is 10.1 Å². The molecule has 0 amide bonds. The van der Waals surface area contributed by atoms with Crippen LogP contribution < -0.4 is 5.32 Å². The summed E-state index contributed by atoms with van der Waals surface area (Å²) in [6.45, 7) is 3.02. The Labute approximate surface area is 92.0 Å². The third kappa shape index (κ3) is 2.84. The van der Waals surface area contributed by atoms with E-state index in [1.807, 2.05) is 11.7 Å². The van der Waals surface area contributed by atoms with Crippen molar-refractivity contribution in [2.24, 2.45) is 0 Å². The molecule has 0 aliphatic rings. The largest absolute Gasteiger partial charge is 0.309 e. The monoisotopic (exact) mass is 223 g/mol. The van der Waals surface area contributed by atoms with Crippen molar-refractivity contribution in [1.29, 1.82) is 0 Å². The minimum Gasteiger partial charge on any atom is -0.309 e. The summed E-state index contributed by atoms with van der Waals surface area (Å²) in [6, 6.07) is 0.348. The van der Waals surface area contributed by atoms with Crippen LogP contribution in [0.25, 0.3) is 0 Å². The van der Waals surface area contributed by atoms with Crippen LogP contribution in [0.15, 0.2) is 18.0 Å². The number of hydrogen-bond acceptors (Lipinski definition) is 5. The third-order valence-electron chi connectivity index (χ3n) is 2.16. The van der Waals surface area contributed by atoms with Gasteiger partial charge in [0, 0.05) is 30.1 Å². The molecule has 2 aromatic heterocycles. The van der Waals surface area contributed by atoms with Crippen molar-refractivity contribution >= 4 is 11.3 Å². The van der Waals surface area contributed by atoms with E-state index in [2.05, 4.69) is 32.4 Å². The maximum atomic E-state index is 4.06. The number of H-pyrrole nitrogens is 1. The fraction of sp³-hybridized carbons (Fsp3) is 0.444. The Morgan fingerprint density at radius 3 is 3.20 bits per heavy atom. The SMILES string of the molecule is CC(NCCc1ncn[nH]1)c1cncs1. The van der Waals surface area contributed by atoms with Crippen LogP contribution in [0.1, 0.15) is 23.7 Å². The second-order valence-electron chi connectivity index (χ2n) is 3.26. The minimum atomic E-state index is 0.348. The zero-order chi connectivity index (χ0) is 10.5. The van der Waals surface area contributed by atoms with Gasteiger partial charge in [-0.25, -0.2) is 4.98 Å². The highest BCUT2D eigenvalue weighted by Gasteiger charge is 2.05. The Hall–Kier alpha value is -1.27. The summed E-state index contributed by atoms with van der Waals surface area (Å²) in [5, 5.41) is 10.0. The second-order valence-corrected chi connectivity index (χ2v) is 4.18. The molecule has 80 valence electrons. The van der Waals surface area contributed by atoms with Crippen LogP contribution in [-0.2, 0) is 6.42 Å². The van der Waals surface area contributed by atoms with Gasteiger partial charge in [0.25, 0.3) is 0 Å². The summed E-state index contributed by atoms with van der Waals surface area (Å²) in [5.74, 6) is 0.916. The molecule has 0 aliphatic carbocycles. The van der Waals surface area contributed by atoms with Gasteiger partial charge in [0.15, 0.2) is 0 Å². The Balaban J connectivity index is 1.74. The Bertz CT molecular complexity index is 369. The molecule has 2 heterocycles. The van der Waals surface area contributed by atoms with E-state index >= 15 is 0 Å². The van der Waals surface area contributed by atoms with E-state index in [0.717, 1.165) is 18.8 Å². The Morgan fingerprint density at radius 2 is 2.53 bits per heavy atom. The highest BCUT2D eigenvalue weighted by molar-refractivity contribution is 7.09. The highest BCUT2D eigenvalue weighted by Crippen LogP contribution is 2.15. The van der Waals surface area contributed by atoms with E-state index in [9.17, 15) is 0 Å². The van der Waals surface area contributed by atoms with Gasteiger partial charge >= 0.3 is 0 Å². The van der Waals surface area contributed by atoms with Crippen LogP contribution in [0.3, 0.4) is 0 Å². The second kappa shape index (κ2) is 4.99. The number of nitrogens with zero attached hydrogens (tertiary/aromatic N) is 3. The van der Waals surface area contributed by atoms with E-state index in [4.69, 9.17) is 0 Å². The average molecular weight is 223 g/mol. The molecule has 2 rings (SSSR count). The number of thiazole rings is 1. The van der Waals surface area contributed by atoms with Crippen LogP contribution in [0.5, 0.6) is 0 Å². The molecule has 2 N–H and O–H groups in total. The van der Waals surface area contributed by atoms with Crippen molar-refractivity contribution in [3.05, 3.63) is 28.7 Å². The van der Waals surface area contributed by atoms with Crippen molar-refractivity contribution in [2.75, 3.05) is 6.54 Å². The van der Waals surface area contributed by atoms with Crippen LogP contribution in [0, 0.1) is 0 Å². The van der Waals surface area contributed by atoms with Crippen molar-refractivity contribution in [2.45, 2.75) is 19.4 Å². The predicted molar refractivity (Wildman–Crippen MR) is 58.6 cm³/mol. The molecule has 0 fully saturated rings. The standard InChI is InChI=1S/C9H13N5S/c1-7(8-4-10-6-15-8)11-3-2-9-12-5-13-14-9/h4-7,11H,2-3H2,1H3,(H,12,13,14). The molecule has 15 heavy (non-hydrogen) atoms. The minimum absolute atomic E-state index is 0.348. The molecular formula is C9H13N5S. The fourth-order valence-electron chi connectivity index (χ4n) is 1.30. The number of aromatic amines is 1. The third-order valence-corrected chi connectivity index (χ3v) is 3.11. The molecule has 0 bridgehead atoms.